The van der Waals surface area contributed by atoms with Crippen molar-refractivity contribution in [1.29, 1.82) is 0 Å². The van der Waals surface area contributed by atoms with E-state index in [0.717, 1.165) is 0 Å². The van der Waals surface area contributed by atoms with E-state index in [4.69, 9.17) is 0 Å². The van der Waals surface area contributed by atoms with E-state index >= 15 is 0 Å². The Morgan fingerprint density at radius 2 is 2.16 bits per heavy atom. The monoisotopic (exact) mass is 269 g/mol. The summed E-state index contributed by atoms with van der Waals surface area (Å²) in [7, 11) is 0. The van der Waals surface area contributed by atoms with Crippen molar-refractivity contribution in [2.45, 2.75) is 45.9 Å². The Bertz CT molecular complexity index is 366. The minimum atomic E-state index is -0.503. The van der Waals surface area contributed by atoms with Crippen LogP contribution in [0.25, 0.3) is 0 Å². The predicted octanol–water partition coefficient (Wildman–Crippen LogP) is 0.373. The van der Waals surface area contributed by atoms with Gasteiger partial charge in [0, 0.05) is 12.6 Å². The maximum atomic E-state index is 11.6. The molecule has 0 saturated carbocycles. The highest BCUT2D eigenvalue weighted by Gasteiger charge is 2.11. The Kier molecular flexibility index (Phi) is 6.27. The van der Waals surface area contributed by atoms with Crippen molar-refractivity contribution in [3.63, 3.8) is 0 Å². The third-order valence-corrected chi connectivity index (χ3v) is 2.55. The van der Waals surface area contributed by atoms with Gasteiger partial charge >= 0.3 is 6.03 Å². The van der Waals surface area contributed by atoms with E-state index < -0.39 is 6.10 Å². The summed E-state index contributed by atoms with van der Waals surface area (Å²) in [5.41, 5.74) is 0. The molecule has 0 aliphatic rings. The summed E-state index contributed by atoms with van der Waals surface area (Å²) in [4.78, 5) is 15.4. The van der Waals surface area contributed by atoms with Crippen LogP contribution in [-0.4, -0.2) is 44.6 Å². The summed E-state index contributed by atoms with van der Waals surface area (Å²) in [6.07, 6.45) is 3.23. The average Bonchev–Trinajstić information content (AvgIpc) is 2.78. The molecule has 7 heteroatoms. The van der Waals surface area contributed by atoms with E-state index in [1.54, 1.807) is 11.0 Å². The van der Waals surface area contributed by atoms with Crippen LogP contribution in [0.15, 0.2) is 12.7 Å². The van der Waals surface area contributed by atoms with Crippen LogP contribution in [0.2, 0.25) is 0 Å². The molecule has 1 rings (SSSR count). The second-order valence-corrected chi connectivity index (χ2v) is 5.16. The molecule has 2 amide bonds. The van der Waals surface area contributed by atoms with Gasteiger partial charge in [-0.3, -0.25) is 4.68 Å². The fourth-order valence-corrected chi connectivity index (χ4v) is 1.77. The number of nitrogens with one attached hydrogen (secondary N) is 2. The first kappa shape index (κ1) is 15.4. The van der Waals surface area contributed by atoms with Crippen LogP contribution >= 0.6 is 0 Å². The van der Waals surface area contributed by atoms with Crippen molar-refractivity contribution in [3.05, 3.63) is 12.7 Å². The molecule has 0 radical (unpaired) electrons. The number of hydrogen-bond acceptors (Lipinski definition) is 4. The van der Waals surface area contributed by atoms with E-state index in [2.05, 4.69) is 20.7 Å². The fraction of sp³-hybridized carbons (Fsp3) is 0.750. The summed E-state index contributed by atoms with van der Waals surface area (Å²) in [5.74, 6) is 0.408. The Balaban J connectivity index is 2.19. The summed E-state index contributed by atoms with van der Waals surface area (Å²) >= 11 is 0. The molecule has 0 bridgehead atoms. The standard InChI is InChI=1S/C12H23N5O2/c1-9(2)4-11(18)5-14-12(19)16-10(3)6-17-8-13-7-15-17/h7-11,18H,4-6H2,1-3H3,(H2,14,16,19). The molecule has 1 aromatic rings. The molecule has 1 aromatic heterocycles. The molecule has 0 aliphatic carbocycles. The predicted molar refractivity (Wildman–Crippen MR) is 71.5 cm³/mol. The van der Waals surface area contributed by atoms with Gasteiger partial charge in [0.1, 0.15) is 12.7 Å². The average molecular weight is 269 g/mol. The minimum absolute atomic E-state index is 0.0658. The van der Waals surface area contributed by atoms with Crippen LogP contribution in [0.3, 0.4) is 0 Å². The van der Waals surface area contributed by atoms with E-state index in [0.29, 0.717) is 18.9 Å². The number of hydrogen-bond donors (Lipinski definition) is 3. The van der Waals surface area contributed by atoms with Gasteiger partial charge < -0.3 is 15.7 Å². The van der Waals surface area contributed by atoms with Crippen molar-refractivity contribution in [2.24, 2.45) is 5.92 Å². The number of aromatic nitrogens is 3. The number of nitrogens with zero attached hydrogens (tertiary/aromatic N) is 3. The van der Waals surface area contributed by atoms with Crippen LogP contribution in [-0.2, 0) is 6.54 Å². The van der Waals surface area contributed by atoms with Gasteiger partial charge in [-0.1, -0.05) is 13.8 Å². The molecule has 2 atom stereocenters. The molecule has 0 saturated heterocycles. The van der Waals surface area contributed by atoms with Crippen LogP contribution < -0.4 is 10.6 Å². The maximum absolute atomic E-state index is 11.6. The van der Waals surface area contributed by atoms with Crippen molar-refractivity contribution < 1.29 is 9.90 Å². The minimum Gasteiger partial charge on any atom is -0.391 e. The third-order valence-electron chi connectivity index (χ3n) is 2.55. The molecule has 3 N–H and O–H groups in total. The Morgan fingerprint density at radius 1 is 1.42 bits per heavy atom. The maximum Gasteiger partial charge on any atom is 0.315 e. The zero-order chi connectivity index (χ0) is 14.3. The van der Waals surface area contributed by atoms with Crippen molar-refractivity contribution in [2.75, 3.05) is 6.54 Å². The second kappa shape index (κ2) is 7.73. The molecule has 1 heterocycles. The Hall–Kier alpha value is -1.63. The highest BCUT2D eigenvalue weighted by molar-refractivity contribution is 5.74. The summed E-state index contributed by atoms with van der Waals surface area (Å²) < 4.78 is 1.65. The van der Waals surface area contributed by atoms with E-state index in [1.807, 2.05) is 20.8 Å². The van der Waals surface area contributed by atoms with Crippen LogP contribution in [0.1, 0.15) is 27.2 Å². The first-order chi connectivity index (χ1) is 8.97. The molecule has 19 heavy (non-hydrogen) atoms. The lowest BCUT2D eigenvalue weighted by Crippen LogP contribution is -2.45. The summed E-state index contributed by atoms with van der Waals surface area (Å²) in [5, 5.41) is 19.0. The number of aliphatic hydroxyl groups is 1. The van der Waals surface area contributed by atoms with Crippen LogP contribution in [0, 0.1) is 5.92 Å². The lowest BCUT2D eigenvalue weighted by Gasteiger charge is -2.17. The van der Waals surface area contributed by atoms with E-state index in [9.17, 15) is 9.90 Å². The quantitative estimate of drug-likeness (QED) is 0.667. The molecule has 7 nitrogen and oxygen atoms in total. The number of amides is 2. The molecule has 0 aliphatic heterocycles. The lowest BCUT2D eigenvalue weighted by molar-refractivity contribution is 0.146. The third kappa shape index (κ3) is 6.76. The largest absolute Gasteiger partial charge is 0.391 e. The molecular formula is C12H23N5O2. The van der Waals surface area contributed by atoms with Crippen molar-refractivity contribution >= 4 is 6.03 Å². The van der Waals surface area contributed by atoms with Gasteiger partial charge in [0.05, 0.1) is 12.6 Å². The molecular weight excluding hydrogens is 246 g/mol. The lowest BCUT2D eigenvalue weighted by atomic mass is 10.1. The smallest absolute Gasteiger partial charge is 0.315 e. The first-order valence-electron chi connectivity index (χ1n) is 6.52. The second-order valence-electron chi connectivity index (χ2n) is 5.16. The highest BCUT2D eigenvalue weighted by atomic mass is 16.3. The van der Waals surface area contributed by atoms with Gasteiger partial charge in [-0.2, -0.15) is 5.10 Å². The zero-order valence-electron chi connectivity index (χ0n) is 11.7. The van der Waals surface area contributed by atoms with Crippen molar-refractivity contribution in [1.82, 2.24) is 25.4 Å². The number of carbonyl (C=O) groups is 1. The number of carbonyl (C=O) groups excluding carboxylic acids is 1. The zero-order valence-corrected chi connectivity index (χ0v) is 11.7. The SMILES string of the molecule is CC(C)CC(O)CNC(=O)NC(C)Cn1cncn1. The highest BCUT2D eigenvalue weighted by Crippen LogP contribution is 2.03. The number of aliphatic hydroxyl groups excluding tert-OH is 1. The Morgan fingerprint density at radius 3 is 2.74 bits per heavy atom. The summed E-state index contributed by atoms with van der Waals surface area (Å²) in [6.45, 7) is 6.76. The van der Waals surface area contributed by atoms with Crippen molar-refractivity contribution in [3.8, 4) is 0 Å². The normalized spacial score (nSPS) is 14.2. The molecule has 2 unspecified atom stereocenters. The van der Waals surface area contributed by atoms with Crippen LogP contribution in [0.5, 0.6) is 0 Å². The first-order valence-corrected chi connectivity index (χ1v) is 6.52. The van der Waals surface area contributed by atoms with Crippen LogP contribution in [0.4, 0.5) is 4.79 Å². The van der Waals surface area contributed by atoms with Gasteiger partial charge in [0.15, 0.2) is 0 Å². The van der Waals surface area contributed by atoms with Gasteiger partial charge in [-0.05, 0) is 19.3 Å². The van der Waals surface area contributed by atoms with Gasteiger partial charge in [-0.15, -0.1) is 0 Å². The Labute approximate surface area is 113 Å². The van der Waals surface area contributed by atoms with Gasteiger partial charge in [0.25, 0.3) is 0 Å². The molecule has 0 fully saturated rings. The molecule has 0 aromatic carbocycles. The van der Waals surface area contributed by atoms with E-state index in [-0.39, 0.29) is 18.6 Å². The molecule has 0 spiro atoms. The fourth-order valence-electron chi connectivity index (χ4n) is 1.77. The topological polar surface area (TPSA) is 92.1 Å². The number of rotatable bonds is 7. The van der Waals surface area contributed by atoms with E-state index in [1.165, 1.54) is 6.33 Å². The van der Waals surface area contributed by atoms with Gasteiger partial charge in [-0.25, -0.2) is 9.78 Å². The summed E-state index contributed by atoms with van der Waals surface area (Å²) in [6, 6.07) is -0.348. The number of urea groups is 1. The van der Waals surface area contributed by atoms with Gasteiger partial charge in [0.2, 0.25) is 0 Å². The molecule has 108 valence electrons.